The van der Waals surface area contributed by atoms with Crippen molar-refractivity contribution in [2.75, 3.05) is 13.9 Å². The number of hydrogen-bond donors (Lipinski definition) is 2. The molecule has 0 saturated heterocycles. The van der Waals surface area contributed by atoms with E-state index in [1.54, 1.807) is 12.1 Å². The fraction of sp³-hybridized carbons (Fsp3) is 0.600. The first kappa shape index (κ1) is 25.5. The van der Waals surface area contributed by atoms with E-state index in [4.69, 9.17) is 24.0 Å². The molecule has 0 aliphatic heterocycles. The zero-order valence-electron chi connectivity index (χ0n) is 18.4. The van der Waals surface area contributed by atoms with Gasteiger partial charge in [0.25, 0.3) is 7.57 Å². The first-order valence-corrected chi connectivity index (χ1v) is 10.9. The third-order valence-corrected chi connectivity index (χ3v) is 5.42. The molecular formula is C20H34NO7P. The van der Waals surface area contributed by atoms with E-state index in [1.807, 2.05) is 41.5 Å². The normalized spacial score (nSPS) is 13.8. The van der Waals surface area contributed by atoms with Crippen molar-refractivity contribution in [1.82, 2.24) is 0 Å². The van der Waals surface area contributed by atoms with Crippen molar-refractivity contribution in [3.05, 3.63) is 23.8 Å². The zero-order chi connectivity index (χ0) is 22.5. The summed E-state index contributed by atoms with van der Waals surface area (Å²) in [7, 11) is -1.66. The summed E-state index contributed by atoms with van der Waals surface area (Å²) < 4.78 is 27.7. The molecule has 0 bridgehead atoms. The van der Waals surface area contributed by atoms with Crippen molar-refractivity contribution < 1.29 is 32.9 Å². The number of rotatable bonds is 9. The number of carbonyl (C=O) groups excluding carboxylic acids is 1. The molecule has 0 aliphatic carbocycles. The molecule has 1 rings (SSSR count). The van der Waals surface area contributed by atoms with Crippen LogP contribution in [0, 0.1) is 0 Å². The Morgan fingerprint density at radius 3 is 2.17 bits per heavy atom. The molecular weight excluding hydrogens is 397 g/mol. The molecule has 29 heavy (non-hydrogen) atoms. The van der Waals surface area contributed by atoms with Crippen molar-refractivity contribution in [2.45, 2.75) is 65.2 Å². The zero-order valence-corrected chi connectivity index (χ0v) is 19.2. The van der Waals surface area contributed by atoms with Crippen molar-refractivity contribution in [2.24, 2.45) is 5.73 Å². The predicted octanol–water partition coefficient (Wildman–Crippen LogP) is 3.61. The minimum atomic E-state index is -2.93. The van der Waals surface area contributed by atoms with Gasteiger partial charge in [-0.2, -0.15) is 0 Å². The van der Waals surface area contributed by atoms with Gasteiger partial charge >= 0.3 is 5.97 Å². The molecule has 0 aromatic heterocycles. The average molecular weight is 431 g/mol. The molecule has 0 aliphatic rings. The molecule has 1 atom stereocenters. The van der Waals surface area contributed by atoms with Gasteiger partial charge in [-0.15, -0.1) is 0 Å². The second kappa shape index (κ2) is 9.96. The van der Waals surface area contributed by atoms with Crippen LogP contribution >= 0.6 is 7.57 Å². The fourth-order valence-corrected chi connectivity index (χ4v) is 4.40. The Morgan fingerprint density at radius 1 is 1.17 bits per heavy atom. The summed E-state index contributed by atoms with van der Waals surface area (Å²) >= 11 is 0. The number of nitrogens with two attached hydrogens (primary N) is 1. The van der Waals surface area contributed by atoms with E-state index in [0.717, 1.165) is 0 Å². The number of esters is 1. The Morgan fingerprint density at radius 2 is 1.72 bits per heavy atom. The number of hydrogen-bond acceptors (Lipinski definition) is 8. The summed E-state index contributed by atoms with van der Waals surface area (Å²) in [5.41, 5.74) is 5.36. The SMILES string of the molecule is C=P(OCOc1ccc(C[C@H](N)C(=O)OC)cc1O)(OC(C)(C)C)OC(C)(C)C. The highest BCUT2D eigenvalue weighted by atomic mass is 31.2. The Balaban J connectivity index is 2.78. The number of benzene rings is 1. The summed E-state index contributed by atoms with van der Waals surface area (Å²) in [6.45, 7) is 11.1. The third-order valence-electron chi connectivity index (χ3n) is 3.27. The van der Waals surface area contributed by atoms with Crippen LogP contribution in [-0.4, -0.2) is 48.5 Å². The van der Waals surface area contributed by atoms with Crippen LogP contribution in [0.1, 0.15) is 47.1 Å². The van der Waals surface area contributed by atoms with Crippen LogP contribution in [0.25, 0.3) is 0 Å². The molecule has 8 nitrogen and oxygen atoms in total. The van der Waals surface area contributed by atoms with Crippen LogP contribution in [-0.2, 0) is 29.5 Å². The number of ether oxygens (including phenoxy) is 2. The van der Waals surface area contributed by atoms with Crippen molar-refractivity contribution >= 4 is 19.8 Å². The van der Waals surface area contributed by atoms with E-state index >= 15 is 0 Å². The van der Waals surface area contributed by atoms with Gasteiger partial charge in [-0.05, 0) is 72.0 Å². The summed E-state index contributed by atoms with van der Waals surface area (Å²) in [4.78, 5) is 11.4. The summed E-state index contributed by atoms with van der Waals surface area (Å²) in [5, 5.41) is 10.2. The fourth-order valence-electron chi connectivity index (χ4n) is 2.38. The largest absolute Gasteiger partial charge is 0.504 e. The third kappa shape index (κ3) is 9.65. The van der Waals surface area contributed by atoms with E-state index in [2.05, 4.69) is 11.0 Å². The lowest BCUT2D eigenvalue weighted by molar-refractivity contribution is -0.142. The van der Waals surface area contributed by atoms with E-state index in [9.17, 15) is 9.90 Å². The van der Waals surface area contributed by atoms with Gasteiger partial charge in [0, 0.05) is 0 Å². The molecule has 0 spiro atoms. The average Bonchev–Trinajstić information content (AvgIpc) is 2.52. The molecule has 0 heterocycles. The van der Waals surface area contributed by atoms with E-state index in [-0.39, 0.29) is 24.7 Å². The number of carbonyl (C=O) groups is 1. The van der Waals surface area contributed by atoms with Crippen LogP contribution in [0.3, 0.4) is 0 Å². The predicted molar refractivity (Wildman–Crippen MR) is 114 cm³/mol. The first-order valence-electron chi connectivity index (χ1n) is 9.22. The quantitative estimate of drug-likeness (QED) is 0.347. The molecule has 0 saturated carbocycles. The molecule has 3 N–H and O–H groups in total. The topological polar surface area (TPSA) is 109 Å². The standard InChI is InChI=1S/C20H34NO7P/c1-19(2,3)27-29(8,28-20(4,5)6)26-13-25-17-10-9-14(12-16(17)22)11-15(21)18(23)24-7/h9-10,12,15,22H,8,11,13,21H2,1-7H3/t15-/m0/s1. The molecule has 9 heteroatoms. The van der Waals surface area contributed by atoms with Crippen molar-refractivity contribution in [3.63, 3.8) is 0 Å². The molecule has 1 aromatic rings. The lowest BCUT2D eigenvalue weighted by Gasteiger charge is -2.35. The maximum atomic E-state index is 11.4. The van der Waals surface area contributed by atoms with Gasteiger partial charge in [0.05, 0.1) is 18.3 Å². The Kier molecular flexibility index (Phi) is 8.74. The second-order valence-corrected chi connectivity index (χ2v) is 10.4. The van der Waals surface area contributed by atoms with E-state index in [0.29, 0.717) is 5.56 Å². The molecule has 0 radical (unpaired) electrons. The molecule has 0 unspecified atom stereocenters. The Bertz CT molecular complexity index is 717. The maximum absolute atomic E-state index is 11.4. The summed E-state index contributed by atoms with van der Waals surface area (Å²) in [5.74, 6) is -0.422. The summed E-state index contributed by atoms with van der Waals surface area (Å²) in [6.07, 6.45) is 4.24. The van der Waals surface area contributed by atoms with Crippen molar-refractivity contribution in [1.29, 1.82) is 0 Å². The lowest BCUT2D eigenvalue weighted by Crippen LogP contribution is -2.33. The Hall–Kier alpha value is -1.57. The maximum Gasteiger partial charge on any atom is 0.322 e. The highest BCUT2D eigenvalue weighted by Gasteiger charge is 2.30. The van der Waals surface area contributed by atoms with Gasteiger partial charge in [0.1, 0.15) is 6.04 Å². The summed E-state index contributed by atoms with van der Waals surface area (Å²) in [6, 6.07) is 3.93. The van der Waals surface area contributed by atoms with Crippen LogP contribution in [0.15, 0.2) is 18.2 Å². The number of phenols is 1. The van der Waals surface area contributed by atoms with Gasteiger partial charge in [-0.25, -0.2) is 0 Å². The van der Waals surface area contributed by atoms with Gasteiger partial charge in [-0.3, -0.25) is 9.32 Å². The second-order valence-electron chi connectivity index (χ2n) is 8.55. The minimum absolute atomic E-state index is 0.107. The lowest BCUT2D eigenvalue weighted by atomic mass is 10.1. The number of aromatic hydroxyl groups is 1. The van der Waals surface area contributed by atoms with Gasteiger partial charge in [-0.1, -0.05) is 6.07 Å². The monoisotopic (exact) mass is 431 g/mol. The van der Waals surface area contributed by atoms with Crippen LogP contribution in [0.5, 0.6) is 11.5 Å². The minimum Gasteiger partial charge on any atom is -0.504 e. The number of phenolic OH excluding ortho intramolecular Hbond substituents is 1. The number of methoxy groups -OCH3 is 1. The molecule has 0 fully saturated rings. The highest BCUT2D eigenvalue weighted by Crippen LogP contribution is 2.54. The van der Waals surface area contributed by atoms with E-state index < -0.39 is 30.8 Å². The molecule has 1 aromatic carbocycles. The van der Waals surface area contributed by atoms with Gasteiger partial charge < -0.3 is 29.4 Å². The van der Waals surface area contributed by atoms with E-state index in [1.165, 1.54) is 13.2 Å². The van der Waals surface area contributed by atoms with Crippen LogP contribution in [0.4, 0.5) is 0 Å². The molecule has 166 valence electrons. The van der Waals surface area contributed by atoms with Gasteiger partial charge in [0.2, 0.25) is 0 Å². The van der Waals surface area contributed by atoms with Gasteiger partial charge in [0.15, 0.2) is 18.3 Å². The smallest absolute Gasteiger partial charge is 0.322 e. The Labute approximate surface area is 173 Å². The van der Waals surface area contributed by atoms with Crippen molar-refractivity contribution in [3.8, 4) is 11.5 Å². The first-order chi connectivity index (χ1) is 13.1. The molecule has 0 amide bonds. The highest BCUT2D eigenvalue weighted by molar-refractivity contribution is 7.59. The van der Waals surface area contributed by atoms with Crippen LogP contribution < -0.4 is 10.5 Å². The van der Waals surface area contributed by atoms with Crippen LogP contribution in [0.2, 0.25) is 0 Å².